The van der Waals surface area contributed by atoms with E-state index < -0.39 is 0 Å². The summed E-state index contributed by atoms with van der Waals surface area (Å²) < 4.78 is 0. The minimum Gasteiger partial charge on any atom is -0.356 e. The molecule has 6 heteroatoms. The number of amides is 1. The van der Waals surface area contributed by atoms with Gasteiger partial charge in [-0.3, -0.25) is 4.79 Å². The van der Waals surface area contributed by atoms with E-state index in [1.807, 2.05) is 19.9 Å². The fourth-order valence-corrected chi connectivity index (χ4v) is 2.65. The molecule has 1 aliphatic heterocycles. The number of nitrogens with zero attached hydrogens (tertiary/aromatic N) is 3. The predicted octanol–water partition coefficient (Wildman–Crippen LogP) is 0.775. The number of aryl methyl sites for hydroxylation is 2. The molecule has 1 aromatic rings. The summed E-state index contributed by atoms with van der Waals surface area (Å²) in [6, 6.07) is 1.97. The number of piperidine rings is 1. The Kier molecular flexibility index (Phi) is 5.50. The van der Waals surface area contributed by atoms with Crippen LogP contribution in [-0.4, -0.2) is 42.1 Å². The van der Waals surface area contributed by atoms with Crippen molar-refractivity contribution >= 4 is 11.9 Å². The highest BCUT2D eigenvalue weighted by Crippen LogP contribution is 2.21. The minimum atomic E-state index is 0.102. The van der Waals surface area contributed by atoms with E-state index >= 15 is 0 Å². The Balaban J connectivity index is 1.86. The summed E-state index contributed by atoms with van der Waals surface area (Å²) in [6.45, 7) is 6.92. The van der Waals surface area contributed by atoms with Gasteiger partial charge in [-0.15, -0.1) is 0 Å². The normalized spacial score (nSPS) is 16.0. The summed E-state index contributed by atoms with van der Waals surface area (Å²) in [4.78, 5) is 23.2. The van der Waals surface area contributed by atoms with Gasteiger partial charge in [-0.25, -0.2) is 9.97 Å². The highest BCUT2D eigenvalue weighted by atomic mass is 16.1. The van der Waals surface area contributed by atoms with Crippen LogP contribution in [0.2, 0.25) is 0 Å². The Hall–Kier alpha value is -1.69. The molecule has 21 heavy (non-hydrogen) atoms. The van der Waals surface area contributed by atoms with E-state index in [1.165, 1.54) is 0 Å². The summed E-state index contributed by atoms with van der Waals surface area (Å²) in [5.41, 5.74) is 7.40. The first-order valence-corrected chi connectivity index (χ1v) is 7.65. The largest absolute Gasteiger partial charge is 0.356 e. The second-order valence-electron chi connectivity index (χ2n) is 5.65. The second-order valence-corrected chi connectivity index (χ2v) is 5.65. The number of hydrogen-bond donors (Lipinski definition) is 2. The molecule has 0 spiro atoms. The average molecular weight is 291 g/mol. The molecule has 0 radical (unpaired) electrons. The SMILES string of the molecule is Cc1cc(C)nc(N2CCC(C(=O)NCCCN)CC2)n1. The Morgan fingerprint density at radius 2 is 1.95 bits per heavy atom. The Morgan fingerprint density at radius 3 is 2.52 bits per heavy atom. The third kappa shape index (κ3) is 4.39. The van der Waals surface area contributed by atoms with Crippen molar-refractivity contribution < 1.29 is 4.79 Å². The molecule has 6 nitrogen and oxygen atoms in total. The Morgan fingerprint density at radius 1 is 1.33 bits per heavy atom. The van der Waals surface area contributed by atoms with Crippen molar-refractivity contribution in [1.29, 1.82) is 0 Å². The number of aromatic nitrogens is 2. The number of anilines is 1. The molecular formula is C15H25N5O. The van der Waals surface area contributed by atoms with E-state index in [2.05, 4.69) is 20.2 Å². The standard InChI is InChI=1S/C15H25N5O/c1-11-10-12(2)19-15(18-11)20-8-4-13(5-9-20)14(21)17-7-3-6-16/h10,13H,3-9,16H2,1-2H3,(H,17,21). The first kappa shape index (κ1) is 15.7. The molecule has 0 aromatic carbocycles. The van der Waals surface area contributed by atoms with E-state index in [9.17, 15) is 4.79 Å². The number of hydrogen-bond acceptors (Lipinski definition) is 5. The molecule has 0 unspecified atom stereocenters. The Bertz CT molecular complexity index is 463. The van der Waals surface area contributed by atoms with E-state index in [1.54, 1.807) is 0 Å². The zero-order valence-electron chi connectivity index (χ0n) is 12.9. The van der Waals surface area contributed by atoms with Gasteiger partial charge in [0, 0.05) is 36.9 Å². The Labute approximate surface area is 126 Å². The van der Waals surface area contributed by atoms with Crippen LogP contribution in [-0.2, 0) is 4.79 Å². The fraction of sp³-hybridized carbons (Fsp3) is 0.667. The molecule has 2 rings (SSSR count). The maximum absolute atomic E-state index is 12.0. The summed E-state index contributed by atoms with van der Waals surface area (Å²) in [7, 11) is 0. The topological polar surface area (TPSA) is 84.1 Å². The zero-order valence-corrected chi connectivity index (χ0v) is 12.9. The van der Waals surface area contributed by atoms with Gasteiger partial charge in [-0.05, 0) is 45.7 Å². The minimum absolute atomic E-state index is 0.102. The maximum Gasteiger partial charge on any atom is 0.225 e. The third-order valence-corrected chi connectivity index (χ3v) is 3.80. The van der Waals surface area contributed by atoms with Gasteiger partial charge in [-0.2, -0.15) is 0 Å². The van der Waals surface area contributed by atoms with Gasteiger partial charge in [0.15, 0.2) is 0 Å². The molecule has 1 saturated heterocycles. The lowest BCUT2D eigenvalue weighted by Crippen LogP contribution is -2.41. The van der Waals surface area contributed by atoms with Crippen LogP contribution in [0.25, 0.3) is 0 Å². The van der Waals surface area contributed by atoms with Gasteiger partial charge >= 0.3 is 0 Å². The monoisotopic (exact) mass is 291 g/mol. The van der Waals surface area contributed by atoms with E-state index in [0.717, 1.165) is 49.7 Å². The lowest BCUT2D eigenvalue weighted by atomic mass is 9.96. The van der Waals surface area contributed by atoms with Crippen LogP contribution in [0, 0.1) is 19.8 Å². The number of nitrogens with one attached hydrogen (secondary N) is 1. The first-order chi connectivity index (χ1) is 10.1. The molecule has 116 valence electrons. The van der Waals surface area contributed by atoms with Crippen LogP contribution in [0.1, 0.15) is 30.7 Å². The van der Waals surface area contributed by atoms with Crippen molar-refractivity contribution in [2.45, 2.75) is 33.1 Å². The zero-order chi connectivity index (χ0) is 15.2. The van der Waals surface area contributed by atoms with Crippen molar-refractivity contribution in [3.05, 3.63) is 17.5 Å². The highest BCUT2D eigenvalue weighted by molar-refractivity contribution is 5.78. The molecule has 0 aliphatic carbocycles. The molecule has 0 atom stereocenters. The molecule has 1 amide bonds. The van der Waals surface area contributed by atoms with Crippen LogP contribution >= 0.6 is 0 Å². The van der Waals surface area contributed by atoms with E-state index in [4.69, 9.17) is 5.73 Å². The van der Waals surface area contributed by atoms with E-state index in [0.29, 0.717) is 13.1 Å². The maximum atomic E-state index is 12.0. The van der Waals surface area contributed by atoms with Gasteiger partial charge in [0.2, 0.25) is 11.9 Å². The fourth-order valence-electron chi connectivity index (χ4n) is 2.65. The quantitative estimate of drug-likeness (QED) is 0.783. The van der Waals surface area contributed by atoms with Crippen LogP contribution in [0.3, 0.4) is 0 Å². The summed E-state index contributed by atoms with van der Waals surface area (Å²) in [5.74, 6) is 1.05. The summed E-state index contributed by atoms with van der Waals surface area (Å²) in [5, 5.41) is 2.96. The average Bonchev–Trinajstić information content (AvgIpc) is 2.46. The predicted molar refractivity (Wildman–Crippen MR) is 83.1 cm³/mol. The third-order valence-electron chi connectivity index (χ3n) is 3.80. The summed E-state index contributed by atoms with van der Waals surface area (Å²) in [6.07, 6.45) is 2.54. The number of nitrogens with two attached hydrogens (primary N) is 1. The van der Waals surface area contributed by atoms with Gasteiger partial charge < -0.3 is 16.0 Å². The molecule has 3 N–H and O–H groups in total. The molecular weight excluding hydrogens is 266 g/mol. The molecule has 1 aliphatic rings. The van der Waals surface area contributed by atoms with Crippen LogP contribution in [0.15, 0.2) is 6.07 Å². The van der Waals surface area contributed by atoms with Crippen LogP contribution < -0.4 is 16.0 Å². The molecule has 2 heterocycles. The lowest BCUT2D eigenvalue weighted by molar-refractivity contribution is -0.125. The van der Waals surface area contributed by atoms with Gasteiger partial charge in [0.05, 0.1) is 0 Å². The van der Waals surface area contributed by atoms with Crippen LogP contribution in [0.4, 0.5) is 5.95 Å². The molecule has 0 saturated carbocycles. The first-order valence-electron chi connectivity index (χ1n) is 7.65. The van der Waals surface area contributed by atoms with Crippen LogP contribution in [0.5, 0.6) is 0 Å². The number of rotatable bonds is 5. The summed E-state index contributed by atoms with van der Waals surface area (Å²) >= 11 is 0. The van der Waals surface area contributed by atoms with Crippen molar-refractivity contribution in [2.24, 2.45) is 11.7 Å². The van der Waals surface area contributed by atoms with E-state index in [-0.39, 0.29) is 11.8 Å². The van der Waals surface area contributed by atoms with Crippen molar-refractivity contribution in [1.82, 2.24) is 15.3 Å². The van der Waals surface area contributed by atoms with Gasteiger partial charge in [-0.1, -0.05) is 0 Å². The second kappa shape index (κ2) is 7.36. The number of carbonyl (C=O) groups is 1. The smallest absolute Gasteiger partial charge is 0.225 e. The highest BCUT2D eigenvalue weighted by Gasteiger charge is 2.25. The van der Waals surface area contributed by atoms with Crippen molar-refractivity contribution in [3.63, 3.8) is 0 Å². The molecule has 0 bridgehead atoms. The lowest BCUT2D eigenvalue weighted by Gasteiger charge is -2.31. The molecule has 1 fully saturated rings. The van der Waals surface area contributed by atoms with Crippen molar-refractivity contribution in [3.8, 4) is 0 Å². The molecule has 1 aromatic heterocycles. The van der Waals surface area contributed by atoms with Gasteiger partial charge in [0.25, 0.3) is 0 Å². The van der Waals surface area contributed by atoms with Gasteiger partial charge in [0.1, 0.15) is 0 Å². The number of carbonyl (C=O) groups excluding carboxylic acids is 1. The van der Waals surface area contributed by atoms with Crippen molar-refractivity contribution in [2.75, 3.05) is 31.1 Å².